The number of rotatable bonds is 7. The van der Waals surface area contributed by atoms with Crippen LogP contribution in [0.4, 0.5) is 11.4 Å². The predicted octanol–water partition coefficient (Wildman–Crippen LogP) is 6.18. The van der Waals surface area contributed by atoms with Gasteiger partial charge in [0, 0.05) is 24.5 Å². The Hall–Kier alpha value is -3.84. The number of hydrogen-bond acceptors (Lipinski definition) is 3. The molecule has 1 N–H and O–H groups in total. The summed E-state index contributed by atoms with van der Waals surface area (Å²) >= 11 is 0. The van der Waals surface area contributed by atoms with E-state index in [1.807, 2.05) is 81.4 Å². The number of carbonyl (C=O) groups is 1. The number of amides is 1. The average Bonchev–Trinajstić information content (AvgIpc) is 2.79. The summed E-state index contributed by atoms with van der Waals surface area (Å²) in [6.45, 7) is 9.77. The van der Waals surface area contributed by atoms with E-state index in [1.54, 1.807) is 6.08 Å². The van der Waals surface area contributed by atoms with Gasteiger partial charge < -0.3 is 10.2 Å². The van der Waals surface area contributed by atoms with Crippen molar-refractivity contribution in [3.63, 3.8) is 0 Å². The predicted molar refractivity (Wildman–Crippen MR) is 132 cm³/mol. The molecule has 0 saturated carbocycles. The Morgan fingerprint density at radius 1 is 1.00 bits per heavy atom. The molecule has 0 unspecified atom stereocenters. The molecule has 4 nitrogen and oxygen atoms in total. The number of nitriles is 1. The Balaban J connectivity index is 1.76. The third kappa shape index (κ3) is 5.65. The molecule has 3 aromatic rings. The molecule has 32 heavy (non-hydrogen) atoms. The fraction of sp³-hybridized carbons (Fsp3) is 0.214. The normalized spacial score (nSPS) is 11.0. The highest BCUT2D eigenvalue weighted by atomic mass is 16.1. The van der Waals surface area contributed by atoms with Crippen LogP contribution >= 0.6 is 0 Å². The number of benzene rings is 3. The Labute approximate surface area is 190 Å². The second-order valence-electron chi connectivity index (χ2n) is 7.99. The molecular weight excluding hydrogens is 394 g/mol. The third-order valence-electron chi connectivity index (χ3n) is 5.45. The van der Waals surface area contributed by atoms with Gasteiger partial charge in [-0.05, 0) is 68.2 Å². The van der Waals surface area contributed by atoms with Gasteiger partial charge >= 0.3 is 0 Å². The van der Waals surface area contributed by atoms with Crippen LogP contribution in [0.3, 0.4) is 0 Å². The lowest BCUT2D eigenvalue weighted by Crippen LogP contribution is -2.21. The van der Waals surface area contributed by atoms with Crippen LogP contribution in [0.5, 0.6) is 0 Å². The largest absolute Gasteiger partial charge is 0.367 e. The Morgan fingerprint density at radius 3 is 2.19 bits per heavy atom. The van der Waals surface area contributed by atoms with Crippen LogP contribution in [0.2, 0.25) is 0 Å². The number of nitrogens with zero attached hydrogens (tertiary/aromatic N) is 2. The van der Waals surface area contributed by atoms with Gasteiger partial charge in [0.2, 0.25) is 0 Å². The zero-order valence-corrected chi connectivity index (χ0v) is 19.1. The van der Waals surface area contributed by atoms with Gasteiger partial charge in [0.1, 0.15) is 11.6 Å². The highest BCUT2D eigenvalue weighted by Gasteiger charge is 2.13. The van der Waals surface area contributed by atoms with Crippen molar-refractivity contribution in [3.05, 3.63) is 100 Å². The van der Waals surface area contributed by atoms with E-state index >= 15 is 0 Å². The number of carbonyl (C=O) groups excluding carboxylic acids is 1. The van der Waals surface area contributed by atoms with Crippen molar-refractivity contribution >= 4 is 23.4 Å². The van der Waals surface area contributed by atoms with E-state index in [9.17, 15) is 10.1 Å². The smallest absolute Gasteiger partial charge is 0.266 e. The molecule has 3 aromatic carbocycles. The monoisotopic (exact) mass is 423 g/mol. The molecule has 3 rings (SSSR count). The van der Waals surface area contributed by atoms with Crippen LogP contribution in [-0.2, 0) is 11.3 Å². The number of aryl methyl sites for hydroxylation is 3. The molecule has 0 aliphatic carbocycles. The highest BCUT2D eigenvalue weighted by molar-refractivity contribution is 6.10. The van der Waals surface area contributed by atoms with E-state index in [1.165, 1.54) is 5.56 Å². The summed E-state index contributed by atoms with van der Waals surface area (Å²) < 4.78 is 0. The van der Waals surface area contributed by atoms with Crippen LogP contribution in [0.25, 0.3) is 6.08 Å². The summed E-state index contributed by atoms with van der Waals surface area (Å²) in [6.07, 6.45) is 1.63. The second-order valence-corrected chi connectivity index (χ2v) is 7.99. The van der Waals surface area contributed by atoms with E-state index in [-0.39, 0.29) is 5.57 Å². The second kappa shape index (κ2) is 10.5. The summed E-state index contributed by atoms with van der Waals surface area (Å²) in [6, 6.07) is 24.4. The van der Waals surface area contributed by atoms with Gasteiger partial charge in [-0.15, -0.1) is 0 Å². The van der Waals surface area contributed by atoms with Crippen molar-refractivity contribution in [2.75, 3.05) is 16.8 Å². The van der Waals surface area contributed by atoms with Crippen LogP contribution in [0.15, 0.2) is 72.3 Å². The minimum Gasteiger partial charge on any atom is -0.367 e. The van der Waals surface area contributed by atoms with Crippen LogP contribution < -0.4 is 10.2 Å². The highest BCUT2D eigenvalue weighted by Crippen LogP contribution is 2.23. The Morgan fingerprint density at radius 2 is 1.62 bits per heavy atom. The SMILES string of the molecule is CCN(Cc1ccccc1)c1ccc(/C=C(\C#N)C(=O)Nc2c(C)cc(C)cc2C)cc1. The zero-order chi connectivity index (χ0) is 23.1. The van der Waals surface area contributed by atoms with Crippen molar-refractivity contribution in [1.82, 2.24) is 0 Å². The molecule has 0 aliphatic rings. The van der Waals surface area contributed by atoms with Gasteiger partial charge in [-0.1, -0.05) is 60.2 Å². The van der Waals surface area contributed by atoms with Crippen molar-refractivity contribution in [2.24, 2.45) is 0 Å². The molecule has 162 valence electrons. The molecule has 0 bridgehead atoms. The molecule has 0 aromatic heterocycles. The third-order valence-corrected chi connectivity index (χ3v) is 5.45. The van der Waals surface area contributed by atoms with Crippen LogP contribution in [-0.4, -0.2) is 12.5 Å². The van der Waals surface area contributed by atoms with Gasteiger partial charge in [-0.2, -0.15) is 5.26 Å². The molecule has 1 amide bonds. The topological polar surface area (TPSA) is 56.1 Å². The van der Waals surface area contributed by atoms with Gasteiger partial charge in [0.05, 0.1) is 0 Å². The lowest BCUT2D eigenvalue weighted by Gasteiger charge is -2.23. The zero-order valence-electron chi connectivity index (χ0n) is 19.1. The van der Waals surface area contributed by atoms with Crippen molar-refractivity contribution in [3.8, 4) is 6.07 Å². The summed E-state index contributed by atoms with van der Waals surface area (Å²) in [5.41, 5.74) is 7.11. The first kappa shape index (κ1) is 22.8. The van der Waals surface area contributed by atoms with E-state index in [0.29, 0.717) is 0 Å². The first-order valence-corrected chi connectivity index (χ1v) is 10.8. The van der Waals surface area contributed by atoms with E-state index in [0.717, 1.165) is 46.7 Å². The summed E-state index contributed by atoms with van der Waals surface area (Å²) in [7, 11) is 0. The first-order chi connectivity index (χ1) is 15.4. The van der Waals surface area contributed by atoms with Crippen LogP contribution in [0, 0.1) is 32.1 Å². The molecule has 0 aliphatic heterocycles. The molecule has 0 saturated heterocycles. The Kier molecular flexibility index (Phi) is 7.46. The van der Waals surface area contributed by atoms with E-state index < -0.39 is 5.91 Å². The van der Waals surface area contributed by atoms with Gasteiger partial charge in [-0.3, -0.25) is 4.79 Å². The van der Waals surface area contributed by atoms with E-state index in [4.69, 9.17) is 0 Å². The summed E-state index contributed by atoms with van der Waals surface area (Å²) in [5.74, 6) is -0.397. The molecule has 4 heteroatoms. The first-order valence-electron chi connectivity index (χ1n) is 10.8. The summed E-state index contributed by atoms with van der Waals surface area (Å²) in [4.78, 5) is 15.0. The molecule has 0 spiro atoms. The minimum atomic E-state index is -0.397. The quantitative estimate of drug-likeness (QED) is 0.364. The number of nitrogens with one attached hydrogen (secondary N) is 1. The Bertz CT molecular complexity index is 1130. The van der Waals surface area contributed by atoms with Gasteiger partial charge in [0.25, 0.3) is 5.91 Å². The van der Waals surface area contributed by atoms with Crippen molar-refractivity contribution in [1.29, 1.82) is 5.26 Å². The van der Waals surface area contributed by atoms with Crippen LogP contribution in [0.1, 0.15) is 34.7 Å². The maximum atomic E-state index is 12.8. The molecule has 0 heterocycles. The number of hydrogen-bond donors (Lipinski definition) is 1. The van der Waals surface area contributed by atoms with E-state index in [2.05, 4.69) is 29.3 Å². The fourth-order valence-corrected chi connectivity index (χ4v) is 3.84. The van der Waals surface area contributed by atoms with Crippen molar-refractivity contribution < 1.29 is 4.79 Å². The van der Waals surface area contributed by atoms with Gasteiger partial charge in [0.15, 0.2) is 0 Å². The molecule has 0 radical (unpaired) electrons. The maximum Gasteiger partial charge on any atom is 0.266 e. The fourth-order valence-electron chi connectivity index (χ4n) is 3.84. The molecule has 0 fully saturated rings. The minimum absolute atomic E-state index is 0.0776. The van der Waals surface area contributed by atoms with Gasteiger partial charge in [-0.25, -0.2) is 0 Å². The summed E-state index contributed by atoms with van der Waals surface area (Å²) in [5, 5.41) is 12.5. The average molecular weight is 424 g/mol. The van der Waals surface area contributed by atoms with Crippen molar-refractivity contribution in [2.45, 2.75) is 34.2 Å². The lowest BCUT2D eigenvalue weighted by molar-refractivity contribution is -0.112. The molecule has 0 atom stereocenters. The standard InChI is InChI=1S/C28H29N3O/c1-5-31(19-24-9-7-6-8-10-24)26-13-11-23(12-14-26)17-25(18-29)28(32)30-27-21(3)15-20(2)16-22(27)4/h6-17H,5,19H2,1-4H3,(H,30,32)/b25-17+. The lowest BCUT2D eigenvalue weighted by atomic mass is 10.0. The maximum absolute atomic E-state index is 12.8. The number of anilines is 2. The molecular formula is C28H29N3O.